The second-order valence-corrected chi connectivity index (χ2v) is 7.76. The van der Waals surface area contributed by atoms with Crippen LogP contribution in [-0.4, -0.2) is 51.4 Å². The van der Waals surface area contributed by atoms with Crippen LogP contribution in [0.25, 0.3) is 11.3 Å². The van der Waals surface area contributed by atoms with E-state index in [9.17, 15) is 9.18 Å². The number of aromatic amines is 1. The molecule has 0 bridgehead atoms. The van der Waals surface area contributed by atoms with Gasteiger partial charge in [0.05, 0.1) is 36.4 Å². The number of hydrogen-bond acceptors (Lipinski definition) is 7. The fraction of sp³-hybridized carbons (Fsp3) is 0.200. The van der Waals surface area contributed by atoms with Crippen LogP contribution < -0.4 is 15.5 Å². The zero-order valence-corrected chi connectivity index (χ0v) is 19.0. The summed E-state index contributed by atoms with van der Waals surface area (Å²) in [7, 11) is 0. The molecule has 4 N–H and O–H groups in total. The first-order valence-corrected chi connectivity index (χ1v) is 11.2. The average Bonchev–Trinajstić information content (AvgIpc) is 3.42. The van der Waals surface area contributed by atoms with Crippen molar-refractivity contribution in [3.63, 3.8) is 0 Å². The highest BCUT2D eigenvalue weighted by Crippen LogP contribution is 2.28. The first-order chi connectivity index (χ1) is 17.2. The van der Waals surface area contributed by atoms with Crippen molar-refractivity contribution < 1.29 is 14.3 Å². The largest absolute Gasteiger partial charge is 0.395 e. The molecular weight excluding hydrogens is 449 g/mol. The van der Waals surface area contributed by atoms with Crippen molar-refractivity contribution in [2.75, 3.05) is 35.2 Å². The lowest BCUT2D eigenvalue weighted by atomic mass is 10.1. The molecule has 1 aromatic carbocycles. The average molecular weight is 476 g/mol. The minimum atomic E-state index is -0.279. The molecule has 180 valence electrons. The van der Waals surface area contributed by atoms with E-state index in [-0.39, 0.29) is 19.0 Å². The lowest BCUT2D eigenvalue weighted by Crippen LogP contribution is -2.23. The topological polar surface area (TPSA) is 119 Å². The Labute approximate surface area is 202 Å². The van der Waals surface area contributed by atoms with Gasteiger partial charge in [-0.25, -0.2) is 14.4 Å². The molecule has 0 unspecified atom stereocenters. The molecule has 0 radical (unpaired) electrons. The lowest BCUT2D eigenvalue weighted by Gasteiger charge is -2.21. The third kappa shape index (κ3) is 6.39. The van der Waals surface area contributed by atoms with E-state index < -0.39 is 0 Å². The van der Waals surface area contributed by atoms with Crippen molar-refractivity contribution in [1.29, 1.82) is 0 Å². The van der Waals surface area contributed by atoms with Crippen LogP contribution in [0.3, 0.4) is 0 Å². The summed E-state index contributed by atoms with van der Waals surface area (Å²) in [6, 6.07) is 15.6. The molecule has 10 heteroatoms. The third-order valence-electron chi connectivity index (χ3n) is 5.26. The van der Waals surface area contributed by atoms with Gasteiger partial charge in [-0.05, 0) is 48.4 Å². The zero-order chi connectivity index (χ0) is 24.5. The second-order valence-electron chi connectivity index (χ2n) is 7.76. The van der Waals surface area contributed by atoms with Gasteiger partial charge < -0.3 is 20.6 Å². The van der Waals surface area contributed by atoms with Crippen LogP contribution in [0.1, 0.15) is 11.3 Å². The molecule has 3 heterocycles. The zero-order valence-electron chi connectivity index (χ0n) is 19.0. The highest BCUT2D eigenvalue weighted by atomic mass is 19.1. The summed E-state index contributed by atoms with van der Waals surface area (Å²) >= 11 is 0. The van der Waals surface area contributed by atoms with E-state index in [2.05, 4.69) is 25.8 Å². The maximum absolute atomic E-state index is 13.5. The number of anilines is 3. The Bertz CT molecular complexity index is 1250. The molecule has 0 spiro atoms. The first kappa shape index (κ1) is 23.8. The van der Waals surface area contributed by atoms with Crippen LogP contribution in [0, 0.1) is 5.82 Å². The Morgan fingerprint density at radius 1 is 1.06 bits per heavy atom. The summed E-state index contributed by atoms with van der Waals surface area (Å²) in [6.45, 7) is 1.09. The molecule has 35 heavy (non-hydrogen) atoms. The fourth-order valence-electron chi connectivity index (χ4n) is 3.59. The van der Waals surface area contributed by atoms with Gasteiger partial charge in [0.15, 0.2) is 5.82 Å². The van der Waals surface area contributed by atoms with Crippen molar-refractivity contribution in [1.82, 2.24) is 20.2 Å². The number of nitrogens with zero attached hydrogens (tertiary/aromatic N) is 4. The van der Waals surface area contributed by atoms with Crippen LogP contribution >= 0.6 is 0 Å². The van der Waals surface area contributed by atoms with Gasteiger partial charge in [0.2, 0.25) is 6.41 Å². The minimum Gasteiger partial charge on any atom is -0.395 e. The van der Waals surface area contributed by atoms with Gasteiger partial charge in [-0.2, -0.15) is 5.10 Å². The fourth-order valence-corrected chi connectivity index (χ4v) is 3.59. The summed E-state index contributed by atoms with van der Waals surface area (Å²) in [5.41, 5.74) is 3.61. The number of pyridine rings is 2. The number of H-pyrrole nitrogens is 1. The van der Waals surface area contributed by atoms with Crippen molar-refractivity contribution in [2.45, 2.75) is 13.0 Å². The van der Waals surface area contributed by atoms with Crippen molar-refractivity contribution in [2.24, 2.45) is 0 Å². The van der Waals surface area contributed by atoms with Crippen molar-refractivity contribution in [3.8, 4) is 11.3 Å². The summed E-state index contributed by atoms with van der Waals surface area (Å²) in [5.74, 6) is 0.852. The van der Waals surface area contributed by atoms with E-state index >= 15 is 0 Å². The number of halogens is 1. The van der Waals surface area contributed by atoms with Crippen LogP contribution in [0.2, 0.25) is 0 Å². The lowest BCUT2D eigenvalue weighted by molar-refractivity contribution is -0.107. The Hall–Kier alpha value is -4.31. The summed E-state index contributed by atoms with van der Waals surface area (Å²) in [4.78, 5) is 22.9. The number of rotatable bonds is 12. The van der Waals surface area contributed by atoms with E-state index in [1.165, 1.54) is 17.0 Å². The number of aliphatic hydroxyl groups is 1. The van der Waals surface area contributed by atoms with Gasteiger partial charge in [-0.1, -0.05) is 18.2 Å². The van der Waals surface area contributed by atoms with Crippen LogP contribution in [0.15, 0.2) is 67.0 Å². The molecule has 0 saturated heterocycles. The summed E-state index contributed by atoms with van der Waals surface area (Å²) in [6.07, 6.45) is 4.73. The summed E-state index contributed by atoms with van der Waals surface area (Å²) in [5, 5.41) is 22.1. The Morgan fingerprint density at radius 3 is 2.71 bits per heavy atom. The Morgan fingerprint density at radius 2 is 1.94 bits per heavy atom. The van der Waals surface area contributed by atoms with Crippen molar-refractivity contribution in [3.05, 3.63) is 84.1 Å². The standard InChI is InChI=1S/C25H26FN7O2/c26-20-4-1-3-18(13-20)9-10-28-25-23(8-7-22(32-25)19-14-29-30-15-19)33(17-35)16-21-5-2-6-24(31-21)27-11-12-34/h1-8,13-15,17,34H,9-12,16H2,(H,27,31)(H,28,32)(H,29,30). The predicted molar refractivity (Wildman–Crippen MR) is 132 cm³/mol. The number of hydrogen-bond donors (Lipinski definition) is 4. The van der Waals surface area contributed by atoms with E-state index in [0.717, 1.165) is 17.5 Å². The Kier molecular flexibility index (Phi) is 7.97. The van der Waals surface area contributed by atoms with Crippen LogP contribution in [0.5, 0.6) is 0 Å². The maximum atomic E-state index is 13.5. The van der Waals surface area contributed by atoms with E-state index in [0.29, 0.717) is 48.2 Å². The molecule has 4 aromatic rings. The number of carbonyl (C=O) groups is 1. The predicted octanol–water partition coefficient (Wildman–Crippen LogP) is 3.23. The van der Waals surface area contributed by atoms with Gasteiger partial charge in [0.25, 0.3) is 0 Å². The SMILES string of the molecule is O=CN(Cc1cccc(NCCO)n1)c1ccc(-c2cn[nH]c2)nc1NCCc1cccc(F)c1. The van der Waals surface area contributed by atoms with E-state index in [1.54, 1.807) is 24.5 Å². The van der Waals surface area contributed by atoms with Gasteiger partial charge in [0.1, 0.15) is 11.6 Å². The van der Waals surface area contributed by atoms with Gasteiger partial charge in [0, 0.05) is 24.8 Å². The number of amides is 1. The molecule has 9 nitrogen and oxygen atoms in total. The minimum absolute atomic E-state index is 0.00823. The van der Waals surface area contributed by atoms with Crippen LogP contribution in [-0.2, 0) is 17.8 Å². The molecule has 0 aliphatic carbocycles. The van der Waals surface area contributed by atoms with E-state index in [4.69, 9.17) is 10.1 Å². The normalized spacial score (nSPS) is 10.7. The molecular formula is C25H26FN7O2. The Balaban J connectivity index is 1.57. The van der Waals surface area contributed by atoms with Gasteiger partial charge in [-0.15, -0.1) is 0 Å². The molecule has 4 rings (SSSR count). The number of aromatic nitrogens is 4. The number of nitrogens with one attached hydrogen (secondary N) is 3. The highest BCUT2D eigenvalue weighted by molar-refractivity contribution is 5.83. The molecule has 0 saturated carbocycles. The van der Waals surface area contributed by atoms with Gasteiger partial charge >= 0.3 is 0 Å². The monoisotopic (exact) mass is 475 g/mol. The highest BCUT2D eigenvalue weighted by Gasteiger charge is 2.16. The summed E-state index contributed by atoms with van der Waals surface area (Å²) < 4.78 is 13.5. The number of aliphatic hydroxyl groups excluding tert-OH is 1. The maximum Gasteiger partial charge on any atom is 0.214 e. The number of carbonyl (C=O) groups excluding carboxylic acids is 1. The molecule has 0 aliphatic heterocycles. The number of benzene rings is 1. The van der Waals surface area contributed by atoms with E-state index in [1.807, 2.05) is 30.3 Å². The van der Waals surface area contributed by atoms with Crippen molar-refractivity contribution >= 4 is 23.7 Å². The molecule has 0 aliphatic rings. The molecule has 1 amide bonds. The molecule has 3 aromatic heterocycles. The van der Waals surface area contributed by atoms with Gasteiger partial charge in [-0.3, -0.25) is 9.89 Å². The van der Waals surface area contributed by atoms with Crippen LogP contribution in [0.4, 0.5) is 21.7 Å². The smallest absolute Gasteiger partial charge is 0.214 e. The quantitative estimate of drug-likeness (QED) is 0.232. The molecule has 0 fully saturated rings. The molecule has 0 atom stereocenters. The third-order valence-corrected chi connectivity index (χ3v) is 5.26. The second kappa shape index (κ2) is 11.7. The first-order valence-electron chi connectivity index (χ1n) is 11.2.